The van der Waals surface area contributed by atoms with E-state index in [0.717, 1.165) is 5.69 Å². The lowest BCUT2D eigenvalue weighted by Crippen LogP contribution is -2.39. The summed E-state index contributed by atoms with van der Waals surface area (Å²) in [5.41, 5.74) is 6.34. The van der Waals surface area contributed by atoms with Gasteiger partial charge in [-0.05, 0) is 26.0 Å². The normalized spacial score (nSPS) is 10.8. The van der Waals surface area contributed by atoms with Crippen molar-refractivity contribution in [3.63, 3.8) is 0 Å². The molecule has 0 unspecified atom stereocenters. The molecule has 0 atom stereocenters. The molecule has 0 aliphatic carbocycles. The molecular formula is C12H18N4OS. The van der Waals surface area contributed by atoms with Gasteiger partial charge in [-0.3, -0.25) is 9.78 Å². The number of carbonyl (C=O) groups excluding carboxylic acids is 1. The van der Waals surface area contributed by atoms with E-state index in [2.05, 4.69) is 15.6 Å². The van der Waals surface area contributed by atoms with Crippen molar-refractivity contribution < 1.29 is 4.79 Å². The molecular weight excluding hydrogens is 248 g/mol. The summed E-state index contributed by atoms with van der Waals surface area (Å²) in [6.45, 7) is 4.18. The largest absolute Gasteiger partial charge is 0.388 e. The molecule has 5 nitrogen and oxygen atoms in total. The topological polar surface area (TPSA) is 80.0 Å². The summed E-state index contributed by atoms with van der Waals surface area (Å²) in [5.74, 6) is -0.0317. The van der Waals surface area contributed by atoms with Gasteiger partial charge in [0.05, 0.1) is 11.1 Å². The number of nitrogens with zero attached hydrogens (tertiary/aromatic N) is 1. The van der Waals surface area contributed by atoms with Gasteiger partial charge in [0, 0.05) is 19.8 Å². The maximum Gasteiger partial charge on any atom is 0.227 e. The number of anilines is 1. The molecule has 4 N–H and O–H groups in total. The van der Waals surface area contributed by atoms with Crippen LogP contribution in [0.1, 0.15) is 19.5 Å². The van der Waals surface area contributed by atoms with E-state index < -0.39 is 5.41 Å². The van der Waals surface area contributed by atoms with Crippen LogP contribution in [0.3, 0.4) is 0 Å². The highest BCUT2D eigenvalue weighted by atomic mass is 32.1. The van der Waals surface area contributed by atoms with Crippen molar-refractivity contribution in [3.05, 3.63) is 24.0 Å². The highest BCUT2D eigenvalue weighted by Gasteiger charge is 2.26. The zero-order valence-electron chi connectivity index (χ0n) is 10.8. The van der Waals surface area contributed by atoms with E-state index in [4.69, 9.17) is 18.0 Å². The predicted octanol–water partition coefficient (Wildman–Crippen LogP) is 0.900. The van der Waals surface area contributed by atoms with E-state index in [1.165, 1.54) is 0 Å². The van der Waals surface area contributed by atoms with Crippen LogP contribution in [0.2, 0.25) is 0 Å². The lowest BCUT2D eigenvalue weighted by Gasteiger charge is -2.24. The highest BCUT2D eigenvalue weighted by Crippen LogP contribution is 2.18. The Morgan fingerprint density at radius 3 is 2.78 bits per heavy atom. The molecule has 1 aromatic rings. The Labute approximate surface area is 112 Å². The summed E-state index contributed by atoms with van der Waals surface area (Å²) in [6.07, 6.45) is 1.63. The molecule has 1 rings (SSSR count). The van der Waals surface area contributed by atoms with Crippen LogP contribution in [0.15, 0.2) is 18.3 Å². The molecule has 0 aliphatic heterocycles. The van der Waals surface area contributed by atoms with Gasteiger partial charge in [0.1, 0.15) is 10.7 Å². The maximum atomic E-state index is 11.7. The summed E-state index contributed by atoms with van der Waals surface area (Å²) in [7, 11) is 1.62. The fourth-order valence-electron chi connectivity index (χ4n) is 1.48. The minimum absolute atomic E-state index is 0.0317. The SMILES string of the molecule is CNC(=O)C(C)(C)CNc1cccnc1C(N)=S. The fourth-order valence-corrected chi connectivity index (χ4v) is 1.64. The summed E-state index contributed by atoms with van der Waals surface area (Å²) < 4.78 is 0. The summed E-state index contributed by atoms with van der Waals surface area (Å²) >= 11 is 4.93. The van der Waals surface area contributed by atoms with Crippen molar-refractivity contribution in [2.75, 3.05) is 18.9 Å². The second-order valence-corrected chi connectivity index (χ2v) is 5.02. The third-order valence-corrected chi connectivity index (χ3v) is 2.80. The molecule has 0 bridgehead atoms. The van der Waals surface area contributed by atoms with Crippen molar-refractivity contribution >= 4 is 28.8 Å². The van der Waals surface area contributed by atoms with Crippen molar-refractivity contribution in [1.82, 2.24) is 10.3 Å². The Morgan fingerprint density at radius 2 is 2.22 bits per heavy atom. The lowest BCUT2D eigenvalue weighted by atomic mass is 9.92. The number of rotatable bonds is 5. The summed E-state index contributed by atoms with van der Waals surface area (Å²) in [5, 5.41) is 5.79. The first-order valence-corrected chi connectivity index (χ1v) is 6.00. The van der Waals surface area contributed by atoms with Gasteiger partial charge in [-0.2, -0.15) is 0 Å². The number of hydrogen-bond acceptors (Lipinski definition) is 4. The average molecular weight is 266 g/mol. The Hall–Kier alpha value is -1.69. The molecule has 0 radical (unpaired) electrons. The molecule has 6 heteroatoms. The van der Waals surface area contributed by atoms with Gasteiger partial charge in [0.2, 0.25) is 5.91 Å². The first-order valence-electron chi connectivity index (χ1n) is 5.59. The standard InChI is InChI=1S/C12H18N4OS/c1-12(2,11(17)14-3)7-16-8-5-4-6-15-9(8)10(13)18/h4-6,16H,7H2,1-3H3,(H2,13,18)(H,14,17). The number of nitrogens with two attached hydrogens (primary N) is 1. The Bertz CT molecular complexity index is 459. The Balaban J connectivity index is 2.81. The van der Waals surface area contributed by atoms with Crippen LogP contribution in [-0.4, -0.2) is 29.5 Å². The molecule has 1 aromatic heterocycles. The number of aromatic nitrogens is 1. The molecule has 1 heterocycles. The van der Waals surface area contributed by atoms with Gasteiger partial charge >= 0.3 is 0 Å². The quantitative estimate of drug-likeness (QED) is 0.690. The fraction of sp³-hybridized carbons (Fsp3) is 0.417. The molecule has 0 aliphatic rings. The molecule has 98 valence electrons. The van der Waals surface area contributed by atoms with Crippen LogP contribution in [0.5, 0.6) is 0 Å². The van der Waals surface area contributed by atoms with Crippen molar-refractivity contribution in [1.29, 1.82) is 0 Å². The Morgan fingerprint density at radius 1 is 1.56 bits per heavy atom. The van der Waals surface area contributed by atoms with Crippen LogP contribution < -0.4 is 16.4 Å². The van der Waals surface area contributed by atoms with E-state index in [1.54, 1.807) is 19.3 Å². The average Bonchev–Trinajstić information content (AvgIpc) is 2.35. The number of thiocarbonyl (C=S) groups is 1. The van der Waals surface area contributed by atoms with Crippen LogP contribution in [-0.2, 0) is 4.79 Å². The number of amides is 1. The maximum absolute atomic E-state index is 11.7. The van der Waals surface area contributed by atoms with Crippen LogP contribution >= 0.6 is 12.2 Å². The van der Waals surface area contributed by atoms with E-state index in [-0.39, 0.29) is 10.9 Å². The Kier molecular flexibility index (Phi) is 4.61. The molecule has 1 amide bonds. The minimum atomic E-state index is -0.530. The minimum Gasteiger partial charge on any atom is -0.388 e. The van der Waals surface area contributed by atoms with Crippen molar-refractivity contribution in [2.24, 2.45) is 11.1 Å². The first kappa shape index (κ1) is 14.4. The lowest BCUT2D eigenvalue weighted by molar-refractivity contribution is -0.128. The third-order valence-electron chi connectivity index (χ3n) is 2.60. The van der Waals surface area contributed by atoms with Gasteiger partial charge < -0.3 is 16.4 Å². The molecule has 0 spiro atoms. The van der Waals surface area contributed by atoms with Crippen LogP contribution in [0.4, 0.5) is 5.69 Å². The number of hydrogen-bond donors (Lipinski definition) is 3. The molecule has 18 heavy (non-hydrogen) atoms. The second-order valence-electron chi connectivity index (χ2n) is 4.58. The van der Waals surface area contributed by atoms with Gasteiger partial charge in [-0.1, -0.05) is 12.2 Å². The van der Waals surface area contributed by atoms with Gasteiger partial charge in [-0.25, -0.2) is 0 Å². The zero-order valence-corrected chi connectivity index (χ0v) is 11.6. The van der Waals surface area contributed by atoms with E-state index in [0.29, 0.717) is 12.2 Å². The highest BCUT2D eigenvalue weighted by molar-refractivity contribution is 7.80. The van der Waals surface area contributed by atoms with Crippen molar-refractivity contribution in [2.45, 2.75) is 13.8 Å². The van der Waals surface area contributed by atoms with E-state index >= 15 is 0 Å². The predicted molar refractivity (Wildman–Crippen MR) is 76.5 cm³/mol. The van der Waals surface area contributed by atoms with Crippen molar-refractivity contribution in [3.8, 4) is 0 Å². The molecule has 0 aromatic carbocycles. The zero-order chi connectivity index (χ0) is 13.8. The van der Waals surface area contributed by atoms with Gasteiger partial charge in [0.15, 0.2) is 0 Å². The second kappa shape index (κ2) is 5.77. The molecule has 0 fully saturated rings. The first-order chi connectivity index (χ1) is 8.38. The number of nitrogens with one attached hydrogen (secondary N) is 2. The number of carbonyl (C=O) groups is 1. The van der Waals surface area contributed by atoms with E-state index in [9.17, 15) is 4.79 Å². The smallest absolute Gasteiger partial charge is 0.227 e. The summed E-state index contributed by atoms with van der Waals surface area (Å²) in [4.78, 5) is 16.0. The monoisotopic (exact) mass is 266 g/mol. The molecule has 0 saturated heterocycles. The number of pyridine rings is 1. The summed E-state index contributed by atoms with van der Waals surface area (Å²) in [6, 6.07) is 3.62. The van der Waals surface area contributed by atoms with Gasteiger partial charge in [0.25, 0.3) is 0 Å². The third kappa shape index (κ3) is 3.40. The van der Waals surface area contributed by atoms with E-state index in [1.807, 2.05) is 19.9 Å². The van der Waals surface area contributed by atoms with Gasteiger partial charge in [-0.15, -0.1) is 0 Å². The van der Waals surface area contributed by atoms with Crippen LogP contribution in [0, 0.1) is 5.41 Å². The molecule has 0 saturated carbocycles. The van der Waals surface area contributed by atoms with Crippen LogP contribution in [0.25, 0.3) is 0 Å².